The van der Waals surface area contributed by atoms with Crippen molar-refractivity contribution >= 4 is 27.9 Å². The molecule has 1 rings (SSSR count). The fourth-order valence-corrected chi connectivity index (χ4v) is 2.88. The van der Waals surface area contributed by atoms with Gasteiger partial charge in [-0.15, -0.1) is 0 Å². The van der Waals surface area contributed by atoms with Crippen LogP contribution in [-0.2, 0) is 24.3 Å². The SMILES string of the molecule is CNC(=O)NC(=O)[C@@H](C)OC(=O)[C@H](C)NS(=O)(=O)c1ccccc1F. The van der Waals surface area contributed by atoms with Crippen molar-refractivity contribution in [2.45, 2.75) is 30.9 Å². The molecule has 0 saturated carbocycles. The zero-order valence-corrected chi connectivity index (χ0v) is 14.5. The molecule has 25 heavy (non-hydrogen) atoms. The first kappa shape index (κ1) is 20.5. The predicted molar refractivity (Wildman–Crippen MR) is 84.3 cm³/mol. The summed E-state index contributed by atoms with van der Waals surface area (Å²) in [4.78, 5) is 33.9. The molecule has 3 amide bonds. The van der Waals surface area contributed by atoms with Gasteiger partial charge in [0.25, 0.3) is 5.91 Å². The zero-order valence-electron chi connectivity index (χ0n) is 13.7. The van der Waals surface area contributed by atoms with Gasteiger partial charge in [0.1, 0.15) is 16.8 Å². The van der Waals surface area contributed by atoms with E-state index in [2.05, 4.69) is 5.32 Å². The fourth-order valence-electron chi connectivity index (χ4n) is 1.61. The van der Waals surface area contributed by atoms with Gasteiger partial charge in [0.15, 0.2) is 6.10 Å². The largest absolute Gasteiger partial charge is 0.451 e. The first-order valence-electron chi connectivity index (χ1n) is 7.08. The number of hydrogen-bond donors (Lipinski definition) is 3. The maximum Gasteiger partial charge on any atom is 0.324 e. The molecular formula is C14H18FN3O6S. The number of halogens is 1. The second kappa shape index (κ2) is 8.53. The number of benzene rings is 1. The van der Waals surface area contributed by atoms with Crippen molar-refractivity contribution < 1.29 is 31.9 Å². The van der Waals surface area contributed by atoms with Gasteiger partial charge in [0, 0.05) is 7.05 Å². The first-order valence-corrected chi connectivity index (χ1v) is 8.56. The molecule has 2 atom stereocenters. The number of sulfonamides is 1. The molecule has 1 aromatic carbocycles. The fraction of sp³-hybridized carbons (Fsp3) is 0.357. The third kappa shape index (κ3) is 5.80. The summed E-state index contributed by atoms with van der Waals surface area (Å²) in [6.07, 6.45) is -1.34. The van der Waals surface area contributed by atoms with Gasteiger partial charge >= 0.3 is 12.0 Å². The minimum atomic E-state index is -4.30. The van der Waals surface area contributed by atoms with Gasteiger partial charge in [-0.05, 0) is 26.0 Å². The standard InChI is InChI=1S/C14H18FN3O6S/c1-8(13(20)24-9(2)12(19)17-14(21)16-3)18-25(22,23)11-7-5-4-6-10(11)15/h4-9,18H,1-3H3,(H2,16,17,19,21)/t8-,9+/m0/s1. The van der Waals surface area contributed by atoms with Crippen molar-refractivity contribution in [2.75, 3.05) is 7.05 Å². The van der Waals surface area contributed by atoms with E-state index in [0.717, 1.165) is 12.1 Å². The van der Waals surface area contributed by atoms with Gasteiger partial charge in [-0.2, -0.15) is 4.72 Å². The van der Waals surface area contributed by atoms with Crippen molar-refractivity contribution in [1.29, 1.82) is 0 Å². The Morgan fingerprint density at radius 3 is 2.32 bits per heavy atom. The van der Waals surface area contributed by atoms with Crippen LogP contribution in [0.2, 0.25) is 0 Å². The van der Waals surface area contributed by atoms with Crippen LogP contribution in [0.3, 0.4) is 0 Å². The monoisotopic (exact) mass is 375 g/mol. The van der Waals surface area contributed by atoms with Crippen LogP contribution >= 0.6 is 0 Å². The molecule has 0 heterocycles. The van der Waals surface area contributed by atoms with Crippen molar-refractivity contribution in [1.82, 2.24) is 15.4 Å². The van der Waals surface area contributed by atoms with Crippen LogP contribution in [0.25, 0.3) is 0 Å². The minimum absolute atomic E-state index is 0.625. The summed E-state index contributed by atoms with van der Waals surface area (Å²) >= 11 is 0. The average molecular weight is 375 g/mol. The number of esters is 1. The van der Waals surface area contributed by atoms with Crippen molar-refractivity contribution in [3.63, 3.8) is 0 Å². The number of rotatable bonds is 6. The Bertz CT molecular complexity index is 768. The maximum absolute atomic E-state index is 13.6. The van der Waals surface area contributed by atoms with Gasteiger partial charge in [-0.25, -0.2) is 17.6 Å². The number of amides is 3. The number of imide groups is 1. The highest BCUT2D eigenvalue weighted by Gasteiger charge is 2.28. The van der Waals surface area contributed by atoms with Gasteiger partial charge in [0.2, 0.25) is 10.0 Å². The molecule has 1 aromatic rings. The Labute approximate surface area is 144 Å². The molecule has 0 aliphatic heterocycles. The Kier molecular flexibility index (Phi) is 7.00. The summed E-state index contributed by atoms with van der Waals surface area (Å²) in [6.45, 7) is 2.37. The van der Waals surface area contributed by atoms with Crippen LogP contribution in [0.5, 0.6) is 0 Å². The molecular weight excluding hydrogens is 357 g/mol. The van der Waals surface area contributed by atoms with Gasteiger partial charge < -0.3 is 10.1 Å². The smallest absolute Gasteiger partial charge is 0.324 e. The van der Waals surface area contributed by atoms with Gasteiger partial charge in [0.05, 0.1) is 0 Å². The topological polar surface area (TPSA) is 131 Å². The Morgan fingerprint density at radius 1 is 1.16 bits per heavy atom. The molecule has 0 saturated heterocycles. The van der Waals surface area contributed by atoms with Gasteiger partial charge in [-0.1, -0.05) is 12.1 Å². The van der Waals surface area contributed by atoms with Crippen LogP contribution in [-0.4, -0.2) is 45.5 Å². The van der Waals surface area contributed by atoms with E-state index in [1.54, 1.807) is 0 Å². The molecule has 0 aromatic heterocycles. The third-order valence-corrected chi connectivity index (χ3v) is 4.51. The zero-order chi connectivity index (χ0) is 19.2. The van der Waals surface area contributed by atoms with Crippen LogP contribution in [0.15, 0.2) is 29.2 Å². The van der Waals surface area contributed by atoms with E-state index in [0.29, 0.717) is 0 Å². The third-order valence-electron chi connectivity index (χ3n) is 2.94. The van der Waals surface area contributed by atoms with E-state index in [1.165, 1.54) is 33.0 Å². The second-order valence-corrected chi connectivity index (χ2v) is 6.60. The Hall–Kier alpha value is -2.53. The van der Waals surface area contributed by atoms with E-state index in [4.69, 9.17) is 4.74 Å². The summed E-state index contributed by atoms with van der Waals surface area (Å²) < 4.78 is 44.5. The molecule has 0 aliphatic rings. The number of carbonyl (C=O) groups is 3. The summed E-state index contributed by atoms with van der Waals surface area (Å²) in [5, 5.41) is 4.04. The number of ether oxygens (including phenoxy) is 1. The number of urea groups is 1. The summed E-state index contributed by atoms with van der Waals surface area (Å²) in [7, 11) is -3.01. The Balaban J connectivity index is 2.72. The van der Waals surface area contributed by atoms with E-state index >= 15 is 0 Å². The quantitative estimate of drug-likeness (QED) is 0.594. The number of carbonyl (C=O) groups excluding carboxylic acids is 3. The van der Waals surface area contributed by atoms with E-state index < -0.39 is 50.8 Å². The average Bonchev–Trinajstić information content (AvgIpc) is 2.54. The number of hydrogen-bond acceptors (Lipinski definition) is 6. The highest BCUT2D eigenvalue weighted by molar-refractivity contribution is 7.89. The van der Waals surface area contributed by atoms with Crippen LogP contribution in [0.4, 0.5) is 9.18 Å². The minimum Gasteiger partial charge on any atom is -0.451 e. The molecule has 3 N–H and O–H groups in total. The number of nitrogens with one attached hydrogen (secondary N) is 3. The lowest BCUT2D eigenvalue weighted by Gasteiger charge is -2.17. The maximum atomic E-state index is 13.6. The molecule has 11 heteroatoms. The Morgan fingerprint density at radius 2 is 1.76 bits per heavy atom. The van der Waals surface area contributed by atoms with E-state index in [1.807, 2.05) is 10.0 Å². The first-order chi connectivity index (χ1) is 11.6. The molecule has 0 unspecified atom stereocenters. The normalized spacial score (nSPS) is 13.4. The molecule has 138 valence electrons. The molecule has 9 nitrogen and oxygen atoms in total. The lowest BCUT2D eigenvalue weighted by Crippen LogP contribution is -2.46. The molecule has 0 bridgehead atoms. The van der Waals surface area contributed by atoms with Crippen LogP contribution in [0, 0.1) is 5.82 Å². The molecule has 0 fully saturated rings. The van der Waals surface area contributed by atoms with Gasteiger partial charge in [-0.3, -0.25) is 14.9 Å². The van der Waals surface area contributed by atoms with E-state index in [-0.39, 0.29) is 0 Å². The second-order valence-electron chi connectivity index (χ2n) is 4.92. The highest BCUT2D eigenvalue weighted by Crippen LogP contribution is 2.14. The summed E-state index contributed by atoms with van der Waals surface area (Å²) in [6, 6.07) is 2.46. The molecule has 0 spiro atoms. The van der Waals surface area contributed by atoms with Crippen molar-refractivity contribution in [3.8, 4) is 0 Å². The summed E-state index contributed by atoms with van der Waals surface area (Å²) in [5.74, 6) is -2.94. The predicted octanol–water partition coefficient (Wildman–Crippen LogP) is -0.120. The van der Waals surface area contributed by atoms with Crippen LogP contribution in [0.1, 0.15) is 13.8 Å². The lowest BCUT2D eigenvalue weighted by atomic mass is 10.3. The highest BCUT2D eigenvalue weighted by atomic mass is 32.2. The van der Waals surface area contributed by atoms with Crippen LogP contribution < -0.4 is 15.4 Å². The lowest BCUT2D eigenvalue weighted by molar-refractivity contribution is -0.155. The summed E-state index contributed by atoms with van der Waals surface area (Å²) in [5.41, 5.74) is 0. The van der Waals surface area contributed by atoms with E-state index in [9.17, 15) is 27.2 Å². The molecule has 0 aliphatic carbocycles. The van der Waals surface area contributed by atoms with Crippen molar-refractivity contribution in [3.05, 3.63) is 30.1 Å². The van der Waals surface area contributed by atoms with Crippen molar-refractivity contribution in [2.24, 2.45) is 0 Å². The molecule has 0 radical (unpaired) electrons.